The first-order chi connectivity index (χ1) is 11.7. The number of alkyl halides is 3. The van der Waals surface area contributed by atoms with E-state index in [9.17, 15) is 21.6 Å². The molecule has 0 aliphatic heterocycles. The zero-order chi connectivity index (χ0) is 18.7. The Bertz CT molecular complexity index is 852. The molecule has 0 radical (unpaired) electrons. The van der Waals surface area contributed by atoms with E-state index in [2.05, 4.69) is 9.46 Å². The average molecular weight is 377 g/mol. The van der Waals surface area contributed by atoms with Crippen LogP contribution < -0.4 is 18.9 Å². The zero-order valence-electron chi connectivity index (χ0n) is 13.1. The summed E-state index contributed by atoms with van der Waals surface area (Å²) in [6, 6.07) is 8.68. The van der Waals surface area contributed by atoms with Gasteiger partial charge in [-0.1, -0.05) is 12.1 Å². The molecule has 10 heteroatoms. The first-order valence-corrected chi connectivity index (χ1v) is 8.24. The maximum absolute atomic E-state index is 12.5. The van der Waals surface area contributed by atoms with E-state index in [1.54, 1.807) is 0 Å². The quantitative estimate of drug-likeness (QED) is 0.835. The fraction of sp³-hybridized carbons (Fsp3) is 0.200. The number of para-hydroxylation sites is 1. The van der Waals surface area contributed by atoms with Crippen LogP contribution in [-0.4, -0.2) is 29.0 Å². The lowest BCUT2D eigenvalue weighted by Gasteiger charge is -2.16. The number of nitrogens with one attached hydrogen (secondary N) is 1. The summed E-state index contributed by atoms with van der Waals surface area (Å²) in [5.74, 6) is -0.285. The molecule has 0 bridgehead atoms. The lowest BCUT2D eigenvalue weighted by molar-refractivity contribution is -0.275. The van der Waals surface area contributed by atoms with E-state index in [-0.39, 0.29) is 11.4 Å². The maximum atomic E-state index is 12.5. The van der Waals surface area contributed by atoms with Crippen molar-refractivity contribution < 1.29 is 35.8 Å². The first-order valence-electron chi connectivity index (χ1n) is 6.76. The van der Waals surface area contributed by atoms with Crippen molar-refractivity contribution in [2.75, 3.05) is 18.9 Å². The number of hydrogen-bond donors (Lipinski definition) is 1. The van der Waals surface area contributed by atoms with Crippen molar-refractivity contribution >= 4 is 15.7 Å². The molecule has 0 unspecified atom stereocenters. The van der Waals surface area contributed by atoms with E-state index in [0.29, 0.717) is 5.75 Å². The van der Waals surface area contributed by atoms with Gasteiger partial charge in [-0.3, -0.25) is 4.72 Å². The van der Waals surface area contributed by atoms with Gasteiger partial charge in [-0.05, 0) is 24.3 Å². The second-order valence-corrected chi connectivity index (χ2v) is 6.32. The zero-order valence-corrected chi connectivity index (χ0v) is 13.9. The Balaban J connectivity index is 2.41. The molecule has 25 heavy (non-hydrogen) atoms. The van der Waals surface area contributed by atoms with Gasteiger partial charge in [-0.2, -0.15) is 0 Å². The van der Waals surface area contributed by atoms with Crippen LogP contribution in [0.15, 0.2) is 47.4 Å². The number of rotatable bonds is 6. The van der Waals surface area contributed by atoms with Crippen molar-refractivity contribution in [3.63, 3.8) is 0 Å². The molecule has 6 nitrogen and oxygen atoms in total. The second kappa shape index (κ2) is 7.09. The van der Waals surface area contributed by atoms with Gasteiger partial charge in [0, 0.05) is 6.07 Å². The summed E-state index contributed by atoms with van der Waals surface area (Å²) in [5.41, 5.74) is 0.0325. The van der Waals surface area contributed by atoms with Crippen LogP contribution in [0.4, 0.5) is 18.9 Å². The first kappa shape index (κ1) is 18.7. The smallest absolute Gasteiger partial charge is 0.497 e. The Labute approximate surface area is 142 Å². The third kappa shape index (κ3) is 4.69. The molecule has 2 aromatic carbocycles. The van der Waals surface area contributed by atoms with Gasteiger partial charge in [0.15, 0.2) is 0 Å². The van der Waals surface area contributed by atoms with Gasteiger partial charge >= 0.3 is 6.36 Å². The fourth-order valence-corrected chi connectivity index (χ4v) is 3.16. The van der Waals surface area contributed by atoms with E-state index in [1.165, 1.54) is 44.6 Å². The minimum atomic E-state index is -5.02. The molecular weight excluding hydrogens is 363 g/mol. The molecule has 0 aromatic heterocycles. The summed E-state index contributed by atoms with van der Waals surface area (Å²) in [7, 11) is -1.63. The summed E-state index contributed by atoms with van der Waals surface area (Å²) in [4.78, 5) is -0.662. The standard InChI is InChI=1S/C15H14F3NO5S/c1-22-10-7-8-11(13(9-10)23-2)19-25(20,21)14-6-4-3-5-12(14)24-15(16,17)18/h3-9,19H,1-2H3. The molecule has 2 aromatic rings. The van der Waals surface area contributed by atoms with Crippen LogP contribution in [0.25, 0.3) is 0 Å². The molecule has 136 valence electrons. The van der Waals surface area contributed by atoms with E-state index < -0.39 is 27.0 Å². The van der Waals surface area contributed by atoms with Crippen LogP contribution in [0.1, 0.15) is 0 Å². The van der Waals surface area contributed by atoms with E-state index in [1.807, 2.05) is 0 Å². The van der Waals surface area contributed by atoms with Gasteiger partial charge < -0.3 is 14.2 Å². The molecule has 0 atom stereocenters. The molecule has 0 heterocycles. The van der Waals surface area contributed by atoms with Crippen molar-refractivity contribution in [3.05, 3.63) is 42.5 Å². The Morgan fingerprint density at radius 3 is 2.24 bits per heavy atom. The summed E-state index contributed by atoms with van der Waals surface area (Å²) in [6.45, 7) is 0. The summed E-state index contributed by atoms with van der Waals surface area (Å²) >= 11 is 0. The lowest BCUT2D eigenvalue weighted by atomic mass is 10.3. The Hall–Kier alpha value is -2.62. The highest BCUT2D eigenvalue weighted by Gasteiger charge is 2.34. The third-order valence-electron chi connectivity index (χ3n) is 3.02. The van der Waals surface area contributed by atoms with Crippen molar-refractivity contribution in [2.45, 2.75) is 11.3 Å². The van der Waals surface area contributed by atoms with Crippen molar-refractivity contribution in [2.24, 2.45) is 0 Å². The summed E-state index contributed by atoms with van der Waals surface area (Å²) in [6.07, 6.45) is -5.02. The van der Waals surface area contributed by atoms with Crippen LogP contribution >= 0.6 is 0 Å². The van der Waals surface area contributed by atoms with Gasteiger partial charge in [-0.25, -0.2) is 8.42 Å². The third-order valence-corrected chi connectivity index (χ3v) is 4.42. The lowest BCUT2D eigenvalue weighted by Crippen LogP contribution is -2.21. The Kier molecular flexibility index (Phi) is 5.31. The minimum absolute atomic E-state index is 0.0325. The van der Waals surface area contributed by atoms with Gasteiger partial charge in [0.05, 0.1) is 19.9 Å². The van der Waals surface area contributed by atoms with Crippen LogP contribution in [0.5, 0.6) is 17.2 Å². The molecular formula is C15H14F3NO5S. The minimum Gasteiger partial charge on any atom is -0.497 e. The van der Waals surface area contributed by atoms with Crippen LogP contribution in [0.3, 0.4) is 0 Å². The molecule has 2 rings (SSSR count). The number of methoxy groups -OCH3 is 2. The predicted octanol–water partition coefficient (Wildman–Crippen LogP) is 3.40. The number of sulfonamides is 1. The molecule has 0 saturated heterocycles. The molecule has 0 aliphatic carbocycles. The Morgan fingerprint density at radius 1 is 0.960 bits per heavy atom. The fourth-order valence-electron chi connectivity index (χ4n) is 1.96. The molecule has 0 spiro atoms. The molecule has 0 fully saturated rings. The highest BCUT2D eigenvalue weighted by atomic mass is 32.2. The molecule has 1 N–H and O–H groups in total. The molecule has 0 amide bonds. The normalized spacial score (nSPS) is 11.7. The highest BCUT2D eigenvalue weighted by Crippen LogP contribution is 2.34. The molecule has 0 aliphatic rings. The summed E-state index contributed by atoms with van der Waals surface area (Å²) < 4.78 is 78.4. The van der Waals surface area contributed by atoms with E-state index in [4.69, 9.17) is 9.47 Å². The number of hydrogen-bond acceptors (Lipinski definition) is 5. The number of ether oxygens (including phenoxy) is 3. The number of halogens is 3. The predicted molar refractivity (Wildman–Crippen MR) is 83.5 cm³/mol. The van der Waals surface area contributed by atoms with E-state index >= 15 is 0 Å². The number of benzene rings is 2. The van der Waals surface area contributed by atoms with Crippen molar-refractivity contribution in [1.82, 2.24) is 0 Å². The van der Waals surface area contributed by atoms with E-state index in [0.717, 1.165) is 12.1 Å². The average Bonchev–Trinajstić information content (AvgIpc) is 2.53. The summed E-state index contributed by atoms with van der Waals surface area (Å²) in [5, 5.41) is 0. The SMILES string of the molecule is COc1ccc(NS(=O)(=O)c2ccccc2OC(F)(F)F)c(OC)c1. The second-order valence-electron chi connectivity index (χ2n) is 4.67. The number of anilines is 1. The topological polar surface area (TPSA) is 73.9 Å². The van der Waals surface area contributed by atoms with Gasteiger partial charge in [-0.15, -0.1) is 13.2 Å². The maximum Gasteiger partial charge on any atom is 0.573 e. The van der Waals surface area contributed by atoms with Crippen LogP contribution in [-0.2, 0) is 10.0 Å². The van der Waals surface area contributed by atoms with Crippen LogP contribution in [0, 0.1) is 0 Å². The largest absolute Gasteiger partial charge is 0.573 e. The van der Waals surface area contributed by atoms with Gasteiger partial charge in [0.1, 0.15) is 22.1 Å². The van der Waals surface area contributed by atoms with Crippen LogP contribution in [0.2, 0.25) is 0 Å². The van der Waals surface area contributed by atoms with Gasteiger partial charge in [0.2, 0.25) is 0 Å². The highest BCUT2D eigenvalue weighted by molar-refractivity contribution is 7.92. The Morgan fingerprint density at radius 2 is 1.64 bits per heavy atom. The molecule has 0 saturated carbocycles. The van der Waals surface area contributed by atoms with Crippen molar-refractivity contribution in [3.8, 4) is 17.2 Å². The van der Waals surface area contributed by atoms with Crippen molar-refractivity contribution in [1.29, 1.82) is 0 Å². The monoisotopic (exact) mass is 377 g/mol. The van der Waals surface area contributed by atoms with Gasteiger partial charge in [0.25, 0.3) is 10.0 Å².